The van der Waals surface area contributed by atoms with E-state index in [1.165, 1.54) is 20.0 Å². The van der Waals surface area contributed by atoms with Gasteiger partial charge in [-0.2, -0.15) is 0 Å². The van der Waals surface area contributed by atoms with Crippen LogP contribution in [0, 0.1) is 5.92 Å². The number of fused-ring (bicyclic) bond motifs is 1. The van der Waals surface area contributed by atoms with Gasteiger partial charge in [-0.1, -0.05) is 0 Å². The molecule has 5 heteroatoms. The van der Waals surface area contributed by atoms with Crippen LogP contribution in [0.1, 0.15) is 34.3 Å². The molecular weight excluding hydrogens is 242 g/mol. The van der Waals surface area contributed by atoms with Gasteiger partial charge < -0.3 is 15.4 Å². The SMILES string of the molecule is COC(=O)c1c(NCC2CC2)ncc2c1CCNC2. The summed E-state index contributed by atoms with van der Waals surface area (Å²) in [5, 5.41) is 6.60. The highest BCUT2D eigenvalue weighted by atomic mass is 16.5. The molecule has 0 atom stereocenters. The largest absolute Gasteiger partial charge is 0.465 e. The molecule has 1 aliphatic carbocycles. The molecule has 2 N–H and O–H groups in total. The number of rotatable bonds is 4. The van der Waals surface area contributed by atoms with Crippen molar-refractivity contribution in [1.82, 2.24) is 10.3 Å². The summed E-state index contributed by atoms with van der Waals surface area (Å²) in [5.74, 6) is 1.13. The Hall–Kier alpha value is -1.62. The van der Waals surface area contributed by atoms with E-state index in [4.69, 9.17) is 4.74 Å². The Morgan fingerprint density at radius 3 is 3.16 bits per heavy atom. The number of hydrogen-bond donors (Lipinski definition) is 2. The number of aromatic nitrogens is 1. The summed E-state index contributed by atoms with van der Waals surface area (Å²) in [6.45, 7) is 2.56. The van der Waals surface area contributed by atoms with Crippen molar-refractivity contribution in [2.75, 3.05) is 25.5 Å². The third kappa shape index (κ3) is 2.56. The fourth-order valence-corrected chi connectivity index (χ4v) is 2.48. The first-order valence-corrected chi connectivity index (χ1v) is 6.83. The number of nitrogens with zero attached hydrogens (tertiary/aromatic N) is 1. The molecule has 0 radical (unpaired) electrons. The second kappa shape index (κ2) is 5.17. The minimum atomic E-state index is -0.287. The molecule has 0 unspecified atom stereocenters. The van der Waals surface area contributed by atoms with Crippen LogP contribution in [0.2, 0.25) is 0 Å². The molecule has 102 valence electrons. The van der Waals surface area contributed by atoms with Crippen molar-refractivity contribution >= 4 is 11.8 Å². The van der Waals surface area contributed by atoms with Gasteiger partial charge in [-0.15, -0.1) is 0 Å². The second-order valence-corrected chi connectivity index (χ2v) is 5.23. The minimum Gasteiger partial charge on any atom is -0.465 e. The molecule has 0 aromatic carbocycles. The van der Waals surface area contributed by atoms with E-state index < -0.39 is 0 Å². The van der Waals surface area contributed by atoms with E-state index in [0.717, 1.165) is 43.1 Å². The predicted molar refractivity (Wildman–Crippen MR) is 72.2 cm³/mol. The number of nitrogens with one attached hydrogen (secondary N) is 2. The first-order chi connectivity index (χ1) is 9.29. The molecule has 1 saturated carbocycles. The maximum Gasteiger partial charge on any atom is 0.341 e. The van der Waals surface area contributed by atoms with Gasteiger partial charge in [-0.05, 0) is 42.9 Å². The van der Waals surface area contributed by atoms with Gasteiger partial charge in [0.2, 0.25) is 0 Å². The summed E-state index contributed by atoms with van der Waals surface area (Å²) < 4.78 is 4.93. The lowest BCUT2D eigenvalue weighted by Gasteiger charge is -2.21. The molecule has 0 bridgehead atoms. The highest BCUT2D eigenvalue weighted by Crippen LogP contribution is 2.30. The lowest BCUT2D eigenvalue weighted by molar-refractivity contribution is 0.0600. The van der Waals surface area contributed by atoms with Crippen molar-refractivity contribution in [1.29, 1.82) is 0 Å². The predicted octanol–water partition coefficient (Wildman–Crippen LogP) is 1.34. The Balaban J connectivity index is 1.94. The molecule has 5 nitrogen and oxygen atoms in total. The molecule has 0 spiro atoms. The van der Waals surface area contributed by atoms with Crippen LogP contribution in [0.3, 0.4) is 0 Å². The Bertz CT molecular complexity index is 498. The van der Waals surface area contributed by atoms with Crippen LogP contribution >= 0.6 is 0 Å². The Morgan fingerprint density at radius 2 is 2.42 bits per heavy atom. The van der Waals surface area contributed by atoms with Crippen LogP contribution in [-0.2, 0) is 17.7 Å². The number of carbonyl (C=O) groups is 1. The summed E-state index contributed by atoms with van der Waals surface area (Å²) in [6.07, 6.45) is 5.26. The van der Waals surface area contributed by atoms with Crippen molar-refractivity contribution in [2.24, 2.45) is 5.92 Å². The van der Waals surface area contributed by atoms with Crippen LogP contribution < -0.4 is 10.6 Å². The summed E-state index contributed by atoms with van der Waals surface area (Å²) >= 11 is 0. The van der Waals surface area contributed by atoms with Crippen molar-refractivity contribution < 1.29 is 9.53 Å². The van der Waals surface area contributed by atoms with E-state index in [0.29, 0.717) is 11.4 Å². The molecule has 3 rings (SSSR count). The average molecular weight is 261 g/mol. The second-order valence-electron chi connectivity index (χ2n) is 5.23. The average Bonchev–Trinajstić information content (AvgIpc) is 3.27. The first-order valence-electron chi connectivity index (χ1n) is 6.83. The van der Waals surface area contributed by atoms with Gasteiger partial charge in [-0.25, -0.2) is 9.78 Å². The van der Waals surface area contributed by atoms with Gasteiger partial charge in [0, 0.05) is 19.3 Å². The molecule has 2 heterocycles. The van der Waals surface area contributed by atoms with Gasteiger partial charge in [0.05, 0.1) is 7.11 Å². The van der Waals surface area contributed by atoms with Crippen LogP contribution in [-0.4, -0.2) is 31.2 Å². The van der Waals surface area contributed by atoms with Crippen molar-refractivity contribution in [3.8, 4) is 0 Å². The molecule has 1 fully saturated rings. The molecule has 0 amide bonds. The van der Waals surface area contributed by atoms with E-state index in [9.17, 15) is 4.79 Å². The number of anilines is 1. The van der Waals surface area contributed by atoms with Gasteiger partial charge >= 0.3 is 5.97 Å². The van der Waals surface area contributed by atoms with Crippen LogP contribution in [0.4, 0.5) is 5.82 Å². The number of methoxy groups -OCH3 is 1. The van der Waals surface area contributed by atoms with Crippen molar-refractivity contribution in [2.45, 2.75) is 25.8 Å². The standard InChI is InChI=1S/C14H19N3O2/c1-19-14(18)12-11-4-5-15-7-10(11)8-17-13(12)16-6-9-2-3-9/h8-9,15H,2-7H2,1H3,(H,16,17). The van der Waals surface area contributed by atoms with E-state index >= 15 is 0 Å². The third-order valence-corrected chi connectivity index (χ3v) is 3.79. The molecule has 19 heavy (non-hydrogen) atoms. The summed E-state index contributed by atoms with van der Waals surface area (Å²) in [4.78, 5) is 16.5. The van der Waals surface area contributed by atoms with Crippen LogP contribution in [0.25, 0.3) is 0 Å². The molecular formula is C14H19N3O2. The number of hydrogen-bond acceptors (Lipinski definition) is 5. The smallest absolute Gasteiger partial charge is 0.341 e. The summed E-state index contributed by atoms with van der Waals surface area (Å²) in [6, 6.07) is 0. The number of esters is 1. The zero-order valence-electron chi connectivity index (χ0n) is 11.2. The van der Waals surface area contributed by atoms with E-state index in [1.54, 1.807) is 0 Å². The van der Waals surface area contributed by atoms with Gasteiger partial charge in [0.1, 0.15) is 11.4 Å². The van der Waals surface area contributed by atoms with Gasteiger partial charge in [0.25, 0.3) is 0 Å². The monoisotopic (exact) mass is 261 g/mol. The lowest BCUT2D eigenvalue weighted by Crippen LogP contribution is -2.27. The van der Waals surface area contributed by atoms with Gasteiger partial charge in [0.15, 0.2) is 0 Å². The summed E-state index contributed by atoms with van der Waals surface area (Å²) in [7, 11) is 1.42. The lowest BCUT2D eigenvalue weighted by atomic mass is 9.97. The molecule has 1 aromatic heterocycles. The third-order valence-electron chi connectivity index (χ3n) is 3.79. The zero-order valence-corrected chi connectivity index (χ0v) is 11.2. The normalized spacial score (nSPS) is 17.7. The van der Waals surface area contributed by atoms with Crippen LogP contribution in [0.5, 0.6) is 0 Å². The number of pyridine rings is 1. The maximum atomic E-state index is 12.0. The van der Waals surface area contributed by atoms with E-state index in [2.05, 4.69) is 15.6 Å². The maximum absolute atomic E-state index is 12.0. The fourth-order valence-electron chi connectivity index (χ4n) is 2.48. The number of carbonyl (C=O) groups excluding carboxylic acids is 1. The van der Waals surface area contributed by atoms with Crippen LogP contribution in [0.15, 0.2) is 6.20 Å². The highest BCUT2D eigenvalue weighted by molar-refractivity contribution is 5.96. The highest BCUT2D eigenvalue weighted by Gasteiger charge is 2.25. The van der Waals surface area contributed by atoms with Crippen molar-refractivity contribution in [3.63, 3.8) is 0 Å². The summed E-state index contributed by atoms with van der Waals surface area (Å²) in [5.41, 5.74) is 2.81. The Kier molecular flexibility index (Phi) is 3.38. The molecule has 1 aromatic rings. The molecule has 0 saturated heterocycles. The Labute approximate surface area is 112 Å². The van der Waals surface area contributed by atoms with E-state index in [1.807, 2.05) is 6.20 Å². The Morgan fingerprint density at radius 1 is 1.58 bits per heavy atom. The van der Waals surface area contributed by atoms with E-state index in [-0.39, 0.29) is 5.97 Å². The fraction of sp³-hybridized carbons (Fsp3) is 0.571. The minimum absolute atomic E-state index is 0.287. The first kappa shape index (κ1) is 12.4. The van der Waals surface area contributed by atoms with Crippen molar-refractivity contribution in [3.05, 3.63) is 22.9 Å². The van der Waals surface area contributed by atoms with Gasteiger partial charge in [-0.3, -0.25) is 0 Å². The number of ether oxygens (including phenoxy) is 1. The molecule has 1 aliphatic heterocycles. The quantitative estimate of drug-likeness (QED) is 0.801. The molecule has 2 aliphatic rings. The topological polar surface area (TPSA) is 63.2 Å². The zero-order chi connectivity index (χ0) is 13.2.